The number of hydrogen-bond acceptors (Lipinski definition) is 11. The molecule has 2 fully saturated rings. The molecule has 4 rings (SSSR count). The number of likely N-dealkylation sites (tertiary alicyclic amines) is 1. The van der Waals surface area contributed by atoms with Gasteiger partial charge in [-0.3, -0.25) is 23.5 Å². The van der Waals surface area contributed by atoms with E-state index in [2.05, 4.69) is 26.9 Å². The van der Waals surface area contributed by atoms with E-state index in [1.165, 1.54) is 38.2 Å². The zero-order valence-corrected chi connectivity index (χ0v) is 35.2. The number of ketones is 1. The van der Waals surface area contributed by atoms with Gasteiger partial charge in [0.25, 0.3) is 0 Å². The van der Waals surface area contributed by atoms with Gasteiger partial charge in [-0.1, -0.05) is 63.7 Å². The Bertz CT molecular complexity index is 1540. The van der Waals surface area contributed by atoms with E-state index >= 15 is 0 Å². The molecule has 0 spiro atoms. The first kappa shape index (κ1) is 47.7. The Kier molecular flexibility index (Phi) is 22.7. The van der Waals surface area contributed by atoms with Crippen LogP contribution in [0, 0.1) is 11.8 Å². The van der Waals surface area contributed by atoms with Crippen LogP contribution in [0.25, 0.3) is 0 Å². The van der Waals surface area contributed by atoms with Crippen molar-refractivity contribution in [3.8, 4) is 5.88 Å². The molecule has 0 radical (unpaired) electrons. The summed E-state index contributed by atoms with van der Waals surface area (Å²) in [5, 5.41) is 23.3. The molecule has 3 heterocycles. The largest absolute Gasteiger partial charge is 0.473 e. The Morgan fingerprint density at radius 3 is 2.63 bits per heavy atom. The second kappa shape index (κ2) is 27.1. The van der Waals surface area contributed by atoms with E-state index in [1.54, 1.807) is 18.3 Å². The Labute approximate surface area is 342 Å². The van der Waals surface area contributed by atoms with Gasteiger partial charge in [-0.15, -0.1) is 0 Å². The van der Waals surface area contributed by atoms with Crippen LogP contribution in [-0.4, -0.2) is 92.8 Å². The van der Waals surface area contributed by atoms with Crippen molar-refractivity contribution in [2.45, 2.75) is 128 Å². The molecular formula is C44H67N3O9S. The number of hydrogen-bond donors (Lipinski definition) is 3. The number of carbonyl (C=O) groups is 3. The molecule has 1 aliphatic carbocycles. The highest BCUT2D eigenvalue weighted by Crippen LogP contribution is 2.35. The van der Waals surface area contributed by atoms with Gasteiger partial charge < -0.3 is 29.4 Å². The van der Waals surface area contributed by atoms with Crippen molar-refractivity contribution in [1.82, 2.24) is 15.2 Å². The number of esters is 1. The fourth-order valence-corrected chi connectivity index (χ4v) is 8.06. The molecule has 1 aliphatic heterocycles. The Balaban J connectivity index is 0.000000308. The average Bonchev–Trinajstić information content (AvgIpc) is 3.80. The Morgan fingerprint density at radius 2 is 1.89 bits per heavy atom. The second-order valence-electron chi connectivity index (χ2n) is 15.4. The average molecular weight is 814 g/mol. The minimum Gasteiger partial charge on any atom is -0.473 e. The van der Waals surface area contributed by atoms with Crippen LogP contribution in [0.4, 0.5) is 0 Å². The maximum absolute atomic E-state index is 12.2. The summed E-state index contributed by atoms with van der Waals surface area (Å²) in [7, 11) is 0.114. The quantitative estimate of drug-likeness (QED) is 0.0593. The molecule has 2 unspecified atom stereocenters. The van der Waals surface area contributed by atoms with Crippen LogP contribution >= 0.6 is 0 Å². The van der Waals surface area contributed by atoms with Gasteiger partial charge in [-0.05, 0) is 88.4 Å². The number of aromatic nitrogens is 1. The number of nitrogens with zero attached hydrogens (tertiary/aromatic N) is 2. The number of amides is 1. The molecule has 2 aliphatic rings. The summed E-state index contributed by atoms with van der Waals surface area (Å²) in [6.07, 6.45) is 22.5. The van der Waals surface area contributed by atoms with Gasteiger partial charge in [-0.2, -0.15) is 0 Å². The molecule has 0 aromatic carbocycles. The lowest BCUT2D eigenvalue weighted by molar-refractivity contribution is -0.140. The number of nitrogens with one attached hydrogen (secondary N) is 1. The molecule has 12 nitrogen and oxygen atoms in total. The van der Waals surface area contributed by atoms with Crippen LogP contribution in [0.2, 0.25) is 0 Å². The van der Waals surface area contributed by atoms with Crippen LogP contribution in [0.3, 0.4) is 0 Å². The summed E-state index contributed by atoms with van der Waals surface area (Å²) in [5.74, 6) is 0.864. The highest BCUT2D eigenvalue weighted by Gasteiger charge is 2.39. The first-order chi connectivity index (χ1) is 27.5. The smallest absolute Gasteiger partial charge is 0.305 e. The number of piperidine rings is 1. The van der Waals surface area contributed by atoms with Crippen LogP contribution in [0.5, 0.6) is 5.88 Å². The number of aliphatic hydroxyl groups is 2. The van der Waals surface area contributed by atoms with Gasteiger partial charge in [0.15, 0.2) is 0 Å². The van der Waals surface area contributed by atoms with Crippen LogP contribution in [-0.2, 0) is 42.2 Å². The molecule has 1 saturated heterocycles. The molecule has 2 aromatic heterocycles. The van der Waals surface area contributed by atoms with Crippen molar-refractivity contribution >= 4 is 28.5 Å². The number of aliphatic hydroxyl groups excluding tert-OH is 1. The van der Waals surface area contributed by atoms with Gasteiger partial charge in [0.1, 0.15) is 23.9 Å². The summed E-state index contributed by atoms with van der Waals surface area (Å²) >= 11 is 0. The highest BCUT2D eigenvalue weighted by molar-refractivity contribution is 7.84. The van der Waals surface area contributed by atoms with Crippen molar-refractivity contribution in [1.29, 1.82) is 0 Å². The lowest BCUT2D eigenvalue weighted by atomic mass is 9.87. The molecule has 0 bridgehead atoms. The van der Waals surface area contributed by atoms with Crippen LogP contribution in [0.15, 0.2) is 65.4 Å². The third kappa shape index (κ3) is 20.1. The number of unbranched alkanes of at least 4 members (excludes halogenated alkanes) is 4. The normalized spacial score (nSPS) is 20.2. The van der Waals surface area contributed by atoms with Gasteiger partial charge in [0.05, 0.1) is 30.8 Å². The summed E-state index contributed by atoms with van der Waals surface area (Å²) in [6, 6.07) is 7.50. The van der Waals surface area contributed by atoms with Crippen molar-refractivity contribution in [2.24, 2.45) is 11.8 Å². The topological polar surface area (TPSA) is 168 Å². The van der Waals surface area contributed by atoms with E-state index in [9.17, 15) is 28.8 Å². The van der Waals surface area contributed by atoms with E-state index in [1.807, 2.05) is 43.4 Å². The van der Waals surface area contributed by atoms with Gasteiger partial charge in [-0.25, -0.2) is 4.98 Å². The molecule has 1 saturated carbocycles. The number of Topliss-reactive ketones (excluding diaryl/α,β-unsaturated/α-hetero) is 1. The second-order valence-corrected chi connectivity index (χ2v) is 16.9. The maximum atomic E-state index is 12.2. The zero-order valence-electron chi connectivity index (χ0n) is 34.4. The van der Waals surface area contributed by atoms with Crippen molar-refractivity contribution in [2.75, 3.05) is 39.1 Å². The fraction of sp³-hybridized carbons (Fsp3) is 0.636. The Morgan fingerprint density at radius 1 is 1.11 bits per heavy atom. The first-order valence-corrected chi connectivity index (χ1v) is 22.2. The minimum atomic E-state index is -1.28. The first-order valence-electron chi connectivity index (χ1n) is 20.8. The third-order valence-electron chi connectivity index (χ3n) is 10.3. The number of ether oxygens (including phenoxy) is 2. The van der Waals surface area contributed by atoms with Crippen LogP contribution < -0.4 is 10.1 Å². The molecule has 318 valence electrons. The number of rotatable bonds is 24. The number of furan rings is 1. The predicted molar refractivity (Wildman–Crippen MR) is 223 cm³/mol. The summed E-state index contributed by atoms with van der Waals surface area (Å²) in [4.78, 5) is 41.9. The van der Waals surface area contributed by atoms with Gasteiger partial charge in [0.2, 0.25) is 11.8 Å². The predicted octanol–water partition coefficient (Wildman–Crippen LogP) is 6.61. The summed E-state index contributed by atoms with van der Waals surface area (Å²) in [5.41, 5.74) is 0.482. The molecule has 3 N–H and O–H groups in total. The zero-order chi connectivity index (χ0) is 41.3. The standard InChI is InChI=1S/C22H29N3O4S.C22H38O5/c26-21(18-30(27)17-20-7-6-14-28-20)23-9-2-5-13-29-22-15-19(8-10-24-22)16-25-11-3-1-4-12-25;1-4-5-14-22(2,26)15-10-12-18-17(19(23)16-20(18)24)11-8-6-7-9-13-21(25)27-3/h2,5-8,10,14-15H,1,3-4,9,11-13,16-18H2,(H,23,26);10,12,17-18,20,24,26H,4-9,11,13-16H2,1-3H3/b5-2-;12-10+/t;17-,18-,20-,22?/m.1/s1. The van der Waals surface area contributed by atoms with Crippen molar-refractivity contribution < 1.29 is 42.7 Å². The minimum absolute atomic E-state index is 0.0429. The SMILES string of the molecule is CCCCC(C)(O)C/C=C/[C@H]1[C@H](O)CC(=O)[C@@H]1CCCCCCC(=O)OC.O=C(CS(=O)Cc1ccco1)NC/C=C\COc1cc(CN2CCCCC2)ccn1. The van der Waals surface area contributed by atoms with E-state index in [0.29, 0.717) is 37.6 Å². The van der Waals surface area contributed by atoms with E-state index < -0.39 is 22.5 Å². The van der Waals surface area contributed by atoms with Crippen LogP contribution in [0.1, 0.15) is 115 Å². The number of pyridine rings is 1. The van der Waals surface area contributed by atoms with E-state index in [-0.39, 0.29) is 47.4 Å². The molecule has 5 atom stereocenters. The Hall–Kier alpha value is -3.65. The fourth-order valence-electron chi connectivity index (χ4n) is 7.08. The molecule has 57 heavy (non-hydrogen) atoms. The van der Waals surface area contributed by atoms with Gasteiger partial charge >= 0.3 is 5.97 Å². The maximum Gasteiger partial charge on any atom is 0.305 e. The van der Waals surface area contributed by atoms with Crippen molar-refractivity contribution in [3.05, 3.63) is 72.4 Å². The number of carbonyl (C=O) groups excluding carboxylic acids is 3. The van der Waals surface area contributed by atoms with E-state index in [4.69, 9.17) is 9.15 Å². The lowest BCUT2D eigenvalue weighted by Crippen LogP contribution is -2.29. The monoisotopic (exact) mass is 813 g/mol. The number of methoxy groups -OCH3 is 1. The molecule has 2 aromatic rings. The summed E-state index contributed by atoms with van der Waals surface area (Å²) < 4.78 is 27.3. The summed E-state index contributed by atoms with van der Waals surface area (Å²) in [6.45, 7) is 7.93. The highest BCUT2D eigenvalue weighted by atomic mass is 32.2. The molecular weight excluding hydrogens is 747 g/mol. The molecule has 1 amide bonds. The third-order valence-corrected chi connectivity index (χ3v) is 11.5. The van der Waals surface area contributed by atoms with E-state index in [0.717, 1.165) is 71.0 Å². The lowest BCUT2D eigenvalue weighted by Gasteiger charge is -2.26. The van der Waals surface area contributed by atoms with Gasteiger partial charge in [0, 0.05) is 60.8 Å². The molecule has 13 heteroatoms. The van der Waals surface area contributed by atoms with Crippen molar-refractivity contribution in [3.63, 3.8) is 0 Å².